The molecule has 2 atom stereocenters. The van der Waals surface area contributed by atoms with Crippen molar-refractivity contribution in [3.05, 3.63) is 0 Å². The fourth-order valence-electron chi connectivity index (χ4n) is 5.06. The molecule has 0 radical (unpaired) electrons. The van der Waals surface area contributed by atoms with E-state index in [4.69, 9.17) is 0 Å². The molecule has 0 fully saturated rings. The lowest BCUT2D eigenvalue weighted by Gasteiger charge is -2.22. The van der Waals surface area contributed by atoms with Crippen molar-refractivity contribution in [1.29, 1.82) is 0 Å². The maximum atomic E-state index is 12.2. The summed E-state index contributed by atoms with van der Waals surface area (Å²) in [6.45, 7) is 4.31. The van der Waals surface area contributed by atoms with E-state index in [0.717, 1.165) is 25.7 Å². The highest BCUT2D eigenvalue weighted by atomic mass is 16.3. The third kappa shape index (κ3) is 25.1. The average Bonchev–Trinajstić information content (AvgIpc) is 2.88. The fraction of sp³-hybridized carbons (Fsp3) is 0.969. The van der Waals surface area contributed by atoms with Gasteiger partial charge in [-0.15, -0.1) is 0 Å². The van der Waals surface area contributed by atoms with Crippen LogP contribution < -0.4 is 5.32 Å². The van der Waals surface area contributed by atoms with Gasteiger partial charge in [-0.05, 0) is 12.8 Å². The second-order valence-corrected chi connectivity index (χ2v) is 11.2. The van der Waals surface area contributed by atoms with Crippen molar-refractivity contribution >= 4 is 5.91 Å². The highest BCUT2D eigenvalue weighted by Crippen LogP contribution is 2.15. The predicted octanol–water partition coefficient (Wildman–Crippen LogP) is 9.01. The largest absolute Gasteiger partial charge is 0.394 e. The van der Waals surface area contributed by atoms with Crippen LogP contribution in [0.4, 0.5) is 0 Å². The molecule has 0 saturated carbocycles. The molecule has 0 aromatic carbocycles. The molecular formula is C32H65NO3. The first-order valence-corrected chi connectivity index (χ1v) is 16.2. The van der Waals surface area contributed by atoms with Crippen molar-refractivity contribution in [1.82, 2.24) is 5.32 Å². The lowest BCUT2D eigenvalue weighted by atomic mass is 10.0. The molecule has 0 unspecified atom stereocenters. The van der Waals surface area contributed by atoms with E-state index in [1.807, 2.05) is 0 Å². The Balaban J connectivity index is 3.50. The van der Waals surface area contributed by atoms with Crippen molar-refractivity contribution in [2.24, 2.45) is 0 Å². The van der Waals surface area contributed by atoms with Crippen LogP contribution >= 0.6 is 0 Å². The monoisotopic (exact) mass is 511 g/mol. The number of unbranched alkanes of at least 4 members (excludes halogenated alkanes) is 22. The van der Waals surface area contributed by atoms with Gasteiger partial charge in [0, 0.05) is 6.42 Å². The van der Waals surface area contributed by atoms with Gasteiger partial charge >= 0.3 is 0 Å². The zero-order valence-electron chi connectivity index (χ0n) is 24.5. The summed E-state index contributed by atoms with van der Waals surface area (Å²) in [7, 11) is 0. The van der Waals surface area contributed by atoms with E-state index in [9.17, 15) is 15.0 Å². The van der Waals surface area contributed by atoms with Crippen LogP contribution in [0.5, 0.6) is 0 Å². The van der Waals surface area contributed by atoms with Crippen LogP contribution in [0, 0.1) is 0 Å². The quantitative estimate of drug-likeness (QED) is 0.0877. The fourth-order valence-corrected chi connectivity index (χ4v) is 5.06. The first-order chi connectivity index (χ1) is 17.7. The van der Waals surface area contributed by atoms with Crippen LogP contribution in [0.25, 0.3) is 0 Å². The van der Waals surface area contributed by atoms with Gasteiger partial charge in [0.25, 0.3) is 0 Å². The van der Waals surface area contributed by atoms with Crippen LogP contribution in [0.1, 0.15) is 181 Å². The molecule has 216 valence electrons. The highest BCUT2D eigenvalue weighted by Gasteiger charge is 2.19. The third-order valence-electron chi connectivity index (χ3n) is 7.62. The van der Waals surface area contributed by atoms with Crippen LogP contribution in [0.2, 0.25) is 0 Å². The van der Waals surface area contributed by atoms with Crippen molar-refractivity contribution < 1.29 is 15.0 Å². The maximum Gasteiger partial charge on any atom is 0.220 e. The Morgan fingerprint density at radius 2 is 0.889 bits per heavy atom. The number of carbonyl (C=O) groups excluding carboxylic acids is 1. The van der Waals surface area contributed by atoms with Crippen LogP contribution in [-0.2, 0) is 4.79 Å². The molecule has 36 heavy (non-hydrogen) atoms. The number of amides is 1. The molecule has 0 aromatic rings. The maximum absolute atomic E-state index is 12.2. The van der Waals surface area contributed by atoms with E-state index in [0.29, 0.717) is 12.8 Å². The van der Waals surface area contributed by atoms with Gasteiger partial charge in [0.1, 0.15) is 0 Å². The molecule has 0 aromatic heterocycles. The van der Waals surface area contributed by atoms with Gasteiger partial charge in [-0.2, -0.15) is 0 Å². The van der Waals surface area contributed by atoms with E-state index in [-0.39, 0.29) is 12.5 Å². The topological polar surface area (TPSA) is 69.6 Å². The van der Waals surface area contributed by atoms with Gasteiger partial charge in [0.2, 0.25) is 5.91 Å². The summed E-state index contributed by atoms with van der Waals surface area (Å²) in [6, 6.07) is -0.525. The predicted molar refractivity (Wildman–Crippen MR) is 156 cm³/mol. The van der Waals surface area contributed by atoms with Crippen molar-refractivity contribution in [3.8, 4) is 0 Å². The first-order valence-electron chi connectivity index (χ1n) is 16.2. The molecule has 0 saturated heterocycles. The molecule has 0 heterocycles. The standard InChI is InChI=1S/C32H65NO3/c1-3-5-7-9-11-12-13-14-15-16-17-18-19-20-22-23-25-27-31(35)30(29-34)33-32(36)28-26-24-21-10-8-6-4-2/h30-31,34-35H,3-29H2,1-2H3,(H,33,36)/t30-,31+/m0/s1. The number of aliphatic hydroxyl groups is 2. The second kappa shape index (κ2) is 29.0. The van der Waals surface area contributed by atoms with Crippen LogP contribution in [-0.4, -0.2) is 34.9 Å². The van der Waals surface area contributed by atoms with Gasteiger partial charge in [-0.3, -0.25) is 4.79 Å². The molecule has 0 aliphatic carbocycles. The molecule has 0 rings (SSSR count). The molecule has 0 bridgehead atoms. The van der Waals surface area contributed by atoms with Crippen LogP contribution in [0.3, 0.4) is 0 Å². The van der Waals surface area contributed by atoms with Gasteiger partial charge in [-0.1, -0.05) is 162 Å². The summed E-state index contributed by atoms with van der Waals surface area (Å²) in [5.41, 5.74) is 0. The van der Waals surface area contributed by atoms with E-state index < -0.39 is 12.1 Å². The summed E-state index contributed by atoms with van der Waals surface area (Å²) < 4.78 is 0. The Labute approximate surface area is 225 Å². The average molecular weight is 512 g/mol. The molecular weight excluding hydrogens is 446 g/mol. The number of aliphatic hydroxyl groups excluding tert-OH is 2. The Hall–Kier alpha value is -0.610. The number of carbonyl (C=O) groups is 1. The van der Waals surface area contributed by atoms with E-state index in [2.05, 4.69) is 19.2 Å². The van der Waals surface area contributed by atoms with Crippen molar-refractivity contribution in [3.63, 3.8) is 0 Å². The SMILES string of the molecule is CCCCCCCCCCCCCCCCCCC[C@@H](O)[C@H](CO)NC(=O)CCCCCCCCC. The van der Waals surface area contributed by atoms with E-state index in [1.54, 1.807) is 0 Å². The minimum absolute atomic E-state index is 0.0379. The number of hydrogen-bond donors (Lipinski definition) is 3. The number of hydrogen-bond acceptors (Lipinski definition) is 3. The zero-order chi connectivity index (χ0) is 26.5. The lowest BCUT2D eigenvalue weighted by molar-refractivity contribution is -0.123. The second-order valence-electron chi connectivity index (χ2n) is 11.2. The molecule has 0 aliphatic heterocycles. The lowest BCUT2D eigenvalue weighted by Crippen LogP contribution is -2.45. The highest BCUT2D eigenvalue weighted by molar-refractivity contribution is 5.76. The summed E-state index contributed by atoms with van der Waals surface area (Å²) in [4.78, 5) is 12.2. The summed E-state index contributed by atoms with van der Waals surface area (Å²) in [5.74, 6) is -0.0379. The molecule has 4 nitrogen and oxygen atoms in total. The molecule has 4 heteroatoms. The molecule has 1 amide bonds. The van der Waals surface area contributed by atoms with Gasteiger partial charge < -0.3 is 15.5 Å². The van der Waals surface area contributed by atoms with Gasteiger partial charge in [0.15, 0.2) is 0 Å². The summed E-state index contributed by atoms with van der Waals surface area (Å²) in [5, 5.41) is 22.9. The number of nitrogens with one attached hydrogen (secondary N) is 1. The molecule has 3 N–H and O–H groups in total. The summed E-state index contributed by atoms with van der Waals surface area (Å²) in [6.07, 6.45) is 31.6. The Morgan fingerprint density at radius 3 is 1.25 bits per heavy atom. The number of rotatable bonds is 29. The summed E-state index contributed by atoms with van der Waals surface area (Å²) >= 11 is 0. The van der Waals surface area contributed by atoms with Crippen LogP contribution in [0.15, 0.2) is 0 Å². The minimum atomic E-state index is -0.649. The molecule has 0 spiro atoms. The normalized spacial score (nSPS) is 13.1. The Morgan fingerprint density at radius 1 is 0.556 bits per heavy atom. The van der Waals surface area contributed by atoms with E-state index >= 15 is 0 Å². The molecule has 0 aliphatic rings. The minimum Gasteiger partial charge on any atom is -0.394 e. The Kier molecular flexibility index (Phi) is 28.5. The zero-order valence-corrected chi connectivity index (χ0v) is 24.5. The first kappa shape index (κ1) is 35.4. The van der Waals surface area contributed by atoms with E-state index in [1.165, 1.54) is 128 Å². The smallest absolute Gasteiger partial charge is 0.220 e. The van der Waals surface area contributed by atoms with Gasteiger partial charge in [-0.25, -0.2) is 0 Å². The van der Waals surface area contributed by atoms with Crippen molar-refractivity contribution in [2.75, 3.05) is 6.61 Å². The van der Waals surface area contributed by atoms with Crippen molar-refractivity contribution in [2.45, 2.75) is 193 Å². The van der Waals surface area contributed by atoms with Gasteiger partial charge in [0.05, 0.1) is 18.8 Å². The Bertz CT molecular complexity index is 443. The third-order valence-corrected chi connectivity index (χ3v) is 7.62.